The van der Waals surface area contributed by atoms with Gasteiger partial charge in [0.25, 0.3) is 20.1 Å². The van der Waals surface area contributed by atoms with Crippen molar-refractivity contribution in [3.05, 3.63) is 77.0 Å². The molecule has 0 amide bonds. The molecule has 1 aromatic carbocycles. The number of nitrogens with one attached hydrogen (secondary N) is 1. The molecule has 1 aromatic rings. The van der Waals surface area contributed by atoms with Gasteiger partial charge in [0.15, 0.2) is 10.7 Å². The van der Waals surface area contributed by atoms with E-state index >= 15 is 0 Å². The van der Waals surface area contributed by atoms with Gasteiger partial charge < -0.3 is 23.7 Å². The Bertz CT molecular complexity index is 2600. The van der Waals surface area contributed by atoms with Crippen LogP contribution in [0.5, 0.6) is 0 Å². The van der Waals surface area contributed by atoms with Crippen molar-refractivity contribution < 1.29 is 121 Å². The molecule has 0 saturated carbocycles. The number of ether oxygens (including phenoxy) is 1. The number of allylic oxidation sites excluding steroid dienone is 3. The molecule has 62 heavy (non-hydrogen) atoms. The Morgan fingerprint density at radius 2 is 1.69 bits per heavy atom. The van der Waals surface area contributed by atoms with E-state index in [1.807, 2.05) is 11.8 Å². The molecule has 0 aromatic heterocycles. The molecule has 3 aliphatic rings. The summed E-state index contributed by atoms with van der Waals surface area (Å²) < 4.78 is 137. The molecule has 1 unspecified atom stereocenters. The van der Waals surface area contributed by atoms with Gasteiger partial charge in [0.2, 0.25) is 5.36 Å². The molecule has 1 aliphatic carbocycles. The van der Waals surface area contributed by atoms with Crippen LogP contribution in [0.25, 0.3) is 17.4 Å². The van der Waals surface area contributed by atoms with E-state index in [9.17, 15) is 47.6 Å². The van der Waals surface area contributed by atoms with Crippen LogP contribution in [0.15, 0.2) is 74.7 Å². The smallest absolute Gasteiger partial charge is 0.744 e. The average Bonchev–Trinajstić information content (AvgIpc) is 3.37. The largest absolute Gasteiger partial charge is 1.00 e. The van der Waals surface area contributed by atoms with Gasteiger partial charge in [-0.1, -0.05) is 18.6 Å². The Kier molecular flexibility index (Phi) is 21.7. The molecule has 2 aliphatic heterocycles. The van der Waals surface area contributed by atoms with Gasteiger partial charge in [-0.05, 0) is 87.1 Å². The van der Waals surface area contributed by atoms with Gasteiger partial charge in [0.05, 0.1) is 29.3 Å². The minimum Gasteiger partial charge on any atom is -0.744 e. The first-order valence-electron chi connectivity index (χ1n) is 19.2. The third kappa shape index (κ3) is 15.3. The summed E-state index contributed by atoms with van der Waals surface area (Å²) in [5.74, 6) is -1.56. The topological polar surface area (TPSA) is 258 Å². The van der Waals surface area contributed by atoms with Gasteiger partial charge in [-0.3, -0.25) is 9.35 Å². The zero-order valence-electron chi connectivity index (χ0n) is 36.0. The Hall–Kier alpha value is -1.96. The molecule has 0 bridgehead atoms. The minimum absolute atomic E-state index is 0. The van der Waals surface area contributed by atoms with Crippen molar-refractivity contribution in [2.24, 2.45) is 0 Å². The third-order valence-electron chi connectivity index (χ3n) is 10.2. The number of unbranched alkanes of at least 4 members (excludes halogenated alkanes) is 2. The summed E-state index contributed by atoms with van der Waals surface area (Å²) in [5.41, 5.74) is 1.50. The molecule has 23 heteroatoms. The van der Waals surface area contributed by atoms with Crippen LogP contribution in [0.3, 0.4) is 0 Å². The third-order valence-corrected chi connectivity index (χ3v) is 14.4. The Morgan fingerprint density at radius 3 is 2.31 bits per heavy atom. The van der Waals surface area contributed by atoms with Crippen molar-refractivity contribution in [3.8, 4) is 11.3 Å². The number of sulfonamides is 1. The van der Waals surface area contributed by atoms with Crippen molar-refractivity contribution in [1.29, 1.82) is 0 Å². The van der Waals surface area contributed by atoms with E-state index in [2.05, 4.69) is 4.72 Å². The molecule has 332 valence electrons. The van der Waals surface area contributed by atoms with E-state index < -0.39 is 62.1 Å². The fourth-order valence-electron chi connectivity index (χ4n) is 7.40. The van der Waals surface area contributed by atoms with Crippen LogP contribution < -0.4 is 78.7 Å². The number of sulfone groups is 1. The Balaban J connectivity index is 0.00000661. The molecule has 0 spiro atoms. The first-order chi connectivity index (χ1) is 28.0. The summed E-state index contributed by atoms with van der Waals surface area (Å²) in [6, 6.07) is 8.96. The molecule has 0 saturated heterocycles. The number of carboxylic acids is 1. The first kappa shape index (κ1) is 56.2. The number of fused-ring (bicyclic) bond motifs is 2. The van der Waals surface area contributed by atoms with Gasteiger partial charge in [-0.15, -0.1) is 0 Å². The van der Waals surface area contributed by atoms with Gasteiger partial charge in [-0.2, -0.15) is 8.42 Å². The maximum Gasteiger partial charge on any atom is 1.00 e. The first-order valence-corrected chi connectivity index (χ1v) is 25.8. The van der Waals surface area contributed by atoms with Crippen LogP contribution in [0.1, 0.15) is 69.9 Å². The Morgan fingerprint density at radius 1 is 0.984 bits per heavy atom. The molecule has 3 N–H and O–H groups in total. The SMILES string of the molecule is CC[N+](CCCS(C)(=O)=O)=c1ccc2c(/C=C/C=C3/N(CCCCCC(=O)O)c4ccc(S(=O)(=O)[O-])cc4C3(C)CCCS(=O)(=O)O)ccoc-2c1S(=O)(=O)NCCOC.[Na+].[Na+]. The number of aliphatic carboxylic acids is 1. The number of nitrogens with zero attached hydrogens (tertiary/aromatic N) is 2. The van der Waals surface area contributed by atoms with Crippen LogP contribution in [-0.2, 0) is 55.0 Å². The monoisotopic (exact) mass is 961 g/mol. The maximum absolute atomic E-state index is 14.0. The summed E-state index contributed by atoms with van der Waals surface area (Å²) in [6.07, 6.45) is 9.45. The predicted molar refractivity (Wildman–Crippen MR) is 225 cm³/mol. The zero-order chi connectivity index (χ0) is 44.5. The van der Waals surface area contributed by atoms with Gasteiger partial charge in [-0.25, -0.2) is 34.6 Å². The van der Waals surface area contributed by atoms with E-state index in [0.29, 0.717) is 65.8 Å². The Labute approximate surface area is 409 Å². The predicted octanol–water partition coefficient (Wildman–Crippen LogP) is -2.56. The van der Waals surface area contributed by atoms with Gasteiger partial charge >= 0.3 is 65.1 Å². The van der Waals surface area contributed by atoms with Crippen LogP contribution in [-0.4, -0.2) is 112 Å². The van der Waals surface area contributed by atoms with Crippen molar-refractivity contribution >= 4 is 57.8 Å². The number of carboxylic acid groups (broad SMARTS) is 1. The second kappa shape index (κ2) is 24.0. The number of hydrogen-bond acceptors (Lipinski definition) is 13. The summed E-state index contributed by atoms with van der Waals surface area (Å²) in [4.78, 5) is 12.4. The average molecular weight is 962 g/mol. The normalized spacial score (nSPS) is 16.9. The van der Waals surface area contributed by atoms with E-state index in [1.165, 1.54) is 31.6 Å². The number of methoxy groups -OCH3 is 1. The summed E-state index contributed by atoms with van der Waals surface area (Å²) in [6.45, 7) is 4.61. The summed E-state index contributed by atoms with van der Waals surface area (Å²) in [5, 5.41) is 9.43. The molecule has 0 fully saturated rings. The number of hydrogen-bond donors (Lipinski definition) is 3. The molecule has 1 atom stereocenters. The molecule has 2 heterocycles. The van der Waals surface area contributed by atoms with Crippen molar-refractivity contribution in [3.63, 3.8) is 0 Å². The van der Waals surface area contributed by atoms with Crippen molar-refractivity contribution in [1.82, 2.24) is 9.30 Å². The summed E-state index contributed by atoms with van der Waals surface area (Å²) in [7, 11) is -15.3. The van der Waals surface area contributed by atoms with E-state index in [4.69, 9.17) is 14.3 Å². The van der Waals surface area contributed by atoms with Crippen molar-refractivity contribution in [2.45, 2.75) is 74.0 Å². The molecule has 17 nitrogen and oxygen atoms in total. The number of benzene rings is 2. The number of carbonyl (C=O) groups is 1. The van der Waals surface area contributed by atoms with Crippen LogP contribution in [0, 0.1) is 0 Å². The fourth-order valence-corrected chi connectivity index (χ4v) is 10.4. The minimum atomic E-state index is -4.88. The van der Waals surface area contributed by atoms with Crippen LogP contribution in [0.2, 0.25) is 0 Å². The van der Waals surface area contributed by atoms with Crippen LogP contribution in [0.4, 0.5) is 5.69 Å². The van der Waals surface area contributed by atoms with Crippen molar-refractivity contribution in [2.75, 3.05) is 62.6 Å². The standard InChI is InChI=1S/C39H53N3O14S4.2Na/c1-5-41(22-11-26-57(4,45)46)34-18-16-31-29(19-24-56-37(31)38(34)59(50,51)40-21-25-55-3)12-9-13-35-39(2,20-10-27-58(47,48)49)32-28-30(60(52,53)54)15-17-33(32)42(35)23-8-6-7-14-36(43)44;;/h9,12-13,15-19,24,28,40H,5-8,10-11,14,20-23,25-27H2,1-4H3,(H2-,43,44,47,48,49,52,53,54);;/q;2*+1. The maximum atomic E-state index is 14.0. The zero-order valence-corrected chi connectivity index (χ0v) is 43.3. The van der Waals surface area contributed by atoms with Crippen LogP contribution >= 0.6 is 0 Å². The second-order valence-electron chi connectivity index (χ2n) is 14.7. The molecular weight excluding hydrogens is 909 g/mol. The van der Waals surface area contributed by atoms with Gasteiger partial charge in [0.1, 0.15) is 33.0 Å². The molecule has 4 rings (SSSR count). The van der Waals surface area contributed by atoms with E-state index in [1.54, 1.807) is 47.9 Å². The number of anilines is 1. The quantitative estimate of drug-likeness (QED) is 0.0382. The van der Waals surface area contributed by atoms with E-state index in [0.717, 1.165) is 6.26 Å². The fraction of sp³-hybridized carbons (Fsp3) is 0.487. The summed E-state index contributed by atoms with van der Waals surface area (Å²) >= 11 is 0. The second-order valence-corrected chi connectivity index (χ2v) is 21.7. The molecular formula is C39H53N3Na2O14S4+2. The van der Waals surface area contributed by atoms with Gasteiger partial charge in [0, 0.05) is 67.7 Å². The van der Waals surface area contributed by atoms with E-state index in [-0.39, 0.29) is 121 Å². The number of rotatable bonds is 23. The molecule has 0 radical (unpaired) electrons.